The first-order valence-corrected chi connectivity index (χ1v) is 7.81. The Balaban J connectivity index is 1.72. The van der Waals surface area contributed by atoms with Gasteiger partial charge in [-0.1, -0.05) is 11.6 Å². The zero-order valence-electron chi connectivity index (χ0n) is 11.6. The lowest BCUT2D eigenvalue weighted by Gasteiger charge is -2.49. The molecule has 3 rings (SSSR count). The molecule has 18 heavy (non-hydrogen) atoms. The lowest BCUT2D eigenvalue weighted by Crippen LogP contribution is -2.65. The maximum Gasteiger partial charge on any atom is 0.0338 e. The van der Waals surface area contributed by atoms with Crippen molar-refractivity contribution in [2.24, 2.45) is 11.8 Å². The molecule has 0 bridgehead atoms. The molecule has 3 fully saturated rings. The van der Waals surface area contributed by atoms with Crippen LogP contribution in [0.4, 0.5) is 0 Å². The third-order valence-corrected chi connectivity index (χ3v) is 5.51. The molecule has 2 atom stereocenters. The molecule has 0 aromatic rings. The van der Waals surface area contributed by atoms with Gasteiger partial charge in [0.2, 0.25) is 0 Å². The highest BCUT2D eigenvalue weighted by Gasteiger charge is 2.49. The Hall–Kier alpha value is -0.0500. The van der Waals surface area contributed by atoms with E-state index in [1.54, 1.807) is 5.54 Å². The Kier molecular flexibility index (Phi) is 3.46. The molecule has 102 valence electrons. The highest BCUT2D eigenvalue weighted by molar-refractivity contribution is 6.25. The fraction of sp³-hybridized carbons (Fsp3) is 0.867. The molecule has 0 aromatic carbocycles. The van der Waals surface area contributed by atoms with Crippen molar-refractivity contribution in [3.63, 3.8) is 0 Å². The predicted molar refractivity (Wildman–Crippen MR) is 76.8 cm³/mol. The van der Waals surface area contributed by atoms with E-state index in [4.69, 9.17) is 11.6 Å². The quantitative estimate of drug-likeness (QED) is 0.843. The summed E-state index contributed by atoms with van der Waals surface area (Å²) < 4.78 is 0. The van der Waals surface area contributed by atoms with E-state index in [-0.39, 0.29) is 0 Å². The van der Waals surface area contributed by atoms with Crippen molar-refractivity contribution >= 4 is 11.6 Å². The second kappa shape index (κ2) is 4.81. The largest absolute Gasteiger partial charge is 0.311 e. The van der Waals surface area contributed by atoms with Crippen LogP contribution in [0.3, 0.4) is 0 Å². The zero-order chi connectivity index (χ0) is 12.8. The van der Waals surface area contributed by atoms with E-state index in [2.05, 4.69) is 24.1 Å². The molecule has 3 aliphatic rings. The summed E-state index contributed by atoms with van der Waals surface area (Å²) in [6.07, 6.45) is 5.67. The van der Waals surface area contributed by atoms with Crippen LogP contribution in [0.25, 0.3) is 0 Å². The summed E-state index contributed by atoms with van der Waals surface area (Å²) >= 11 is 5.87. The van der Waals surface area contributed by atoms with Crippen LogP contribution < -0.4 is 5.32 Å². The molecule has 1 aliphatic heterocycles. The van der Waals surface area contributed by atoms with E-state index in [9.17, 15) is 0 Å². The van der Waals surface area contributed by atoms with Crippen LogP contribution in [0.2, 0.25) is 0 Å². The second-order valence-corrected chi connectivity index (χ2v) is 7.01. The summed E-state index contributed by atoms with van der Waals surface area (Å²) in [5.74, 6) is 1.84. The van der Waals surface area contributed by atoms with Gasteiger partial charge >= 0.3 is 0 Å². The Labute approximate surface area is 116 Å². The van der Waals surface area contributed by atoms with Gasteiger partial charge in [-0.25, -0.2) is 0 Å². The van der Waals surface area contributed by atoms with Crippen LogP contribution in [0.1, 0.15) is 39.5 Å². The van der Waals surface area contributed by atoms with E-state index in [0.717, 1.165) is 31.0 Å². The van der Waals surface area contributed by atoms with Gasteiger partial charge in [0, 0.05) is 36.8 Å². The molecule has 3 heteroatoms. The van der Waals surface area contributed by atoms with Gasteiger partial charge in [0.1, 0.15) is 0 Å². The zero-order valence-corrected chi connectivity index (χ0v) is 12.3. The summed E-state index contributed by atoms with van der Waals surface area (Å²) in [5, 5.41) is 3.82. The first-order valence-electron chi connectivity index (χ1n) is 7.38. The topological polar surface area (TPSA) is 15.3 Å². The van der Waals surface area contributed by atoms with Gasteiger partial charge in [0.15, 0.2) is 0 Å². The molecule has 1 heterocycles. The number of halogens is 1. The van der Waals surface area contributed by atoms with Crippen LogP contribution >= 0.6 is 11.6 Å². The van der Waals surface area contributed by atoms with Crippen molar-refractivity contribution in [1.29, 1.82) is 0 Å². The number of hydrogen-bond acceptors (Lipinski definition) is 2. The SMILES string of the molecule is CC(=CCl)CN1CC(C2CC2)NCC1(C)C1CC1. The highest BCUT2D eigenvalue weighted by atomic mass is 35.5. The Morgan fingerprint density at radius 3 is 2.67 bits per heavy atom. The molecule has 0 radical (unpaired) electrons. The molecular weight excluding hydrogens is 244 g/mol. The molecule has 1 N–H and O–H groups in total. The molecule has 2 aliphatic carbocycles. The third-order valence-electron chi connectivity index (χ3n) is 5.14. The lowest BCUT2D eigenvalue weighted by atomic mass is 9.88. The van der Waals surface area contributed by atoms with Gasteiger partial charge in [0.25, 0.3) is 0 Å². The Morgan fingerprint density at radius 2 is 2.11 bits per heavy atom. The lowest BCUT2D eigenvalue weighted by molar-refractivity contribution is 0.0389. The smallest absolute Gasteiger partial charge is 0.0338 e. The van der Waals surface area contributed by atoms with Gasteiger partial charge < -0.3 is 5.32 Å². The number of hydrogen-bond donors (Lipinski definition) is 1. The fourth-order valence-electron chi connectivity index (χ4n) is 3.46. The van der Waals surface area contributed by atoms with Crippen molar-refractivity contribution in [2.45, 2.75) is 51.1 Å². The highest BCUT2D eigenvalue weighted by Crippen LogP contribution is 2.45. The van der Waals surface area contributed by atoms with E-state index < -0.39 is 0 Å². The van der Waals surface area contributed by atoms with Gasteiger partial charge in [-0.05, 0) is 56.9 Å². The normalized spacial score (nSPS) is 39.1. The van der Waals surface area contributed by atoms with Crippen LogP contribution in [-0.2, 0) is 0 Å². The first-order chi connectivity index (χ1) is 8.63. The maximum atomic E-state index is 5.87. The number of piperazine rings is 1. The molecule has 0 aromatic heterocycles. The monoisotopic (exact) mass is 268 g/mol. The van der Waals surface area contributed by atoms with Gasteiger partial charge in [-0.15, -0.1) is 0 Å². The molecule has 2 unspecified atom stereocenters. The van der Waals surface area contributed by atoms with E-state index >= 15 is 0 Å². The van der Waals surface area contributed by atoms with Crippen molar-refractivity contribution in [3.05, 3.63) is 11.1 Å². The summed E-state index contributed by atoms with van der Waals surface area (Å²) in [7, 11) is 0. The molecule has 2 saturated carbocycles. The number of rotatable bonds is 4. The summed E-state index contributed by atoms with van der Waals surface area (Å²) in [4.78, 5) is 2.71. The van der Waals surface area contributed by atoms with Crippen molar-refractivity contribution in [2.75, 3.05) is 19.6 Å². The molecule has 1 saturated heterocycles. The van der Waals surface area contributed by atoms with Gasteiger partial charge in [-0.3, -0.25) is 4.90 Å². The van der Waals surface area contributed by atoms with E-state index in [1.807, 2.05) is 0 Å². The van der Waals surface area contributed by atoms with E-state index in [0.29, 0.717) is 5.54 Å². The Morgan fingerprint density at radius 1 is 1.39 bits per heavy atom. The molecular formula is C15H25ClN2. The average molecular weight is 269 g/mol. The van der Waals surface area contributed by atoms with Gasteiger partial charge in [0.05, 0.1) is 0 Å². The van der Waals surface area contributed by atoms with Crippen LogP contribution in [0.5, 0.6) is 0 Å². The van der Waals surface area contributed by atoms with Crippen LogP contribution in [0, 0.1) is 11.8 Å². The Bertz CT molecular complexity index is 346. The van der Waals surface area contributed by atoms with Crippen molar-refractivity contribution < 1.29 is 0 Å². The molecule has 0 amide bonds. The maximum absolute atomic E-state index is 5.87. The summed E-state index contributed by atoms with van der Waals surface area (Å²) in [6.45, 7) is 8.01. The number of nitrogens with one attached hydrogen (secondary N) is 1. The van der Waals surface area contributed by atoms with Crippen LogP contribution in [-0.4, -0.2) is 36.1 Å². The van der Waals surface area contributed by atoms with Crippen LogP contribution in [0.15, 0.2) is 11.1 Å². The average Bonchev–Trinajstić information content (AvgIpc) is 3.20. The van der Waals surface area contributed by atoms with Crippen molar-refractivity contribution in [3.8, 4) is 0 Å². The summed E-state index contributed by atoms with van der Waals surface area (Å²) in [6, 6.07) is 0.722. The summed E-state index contributed by atoms with van der Waals surface area (Å²) in [5.41, 5.74) is 3.40. The van der Waals surface area contributed by atoms with Crippen molar-refractivity contribution in [1.82, 2.24) is 10.2 Å². The van der Waals surface area contributed by atoms with E-state index in [1.165, 1.54) is 37.8 Å². The first kappa shape index (κ1) is 13.0. The number of nitrogens with zero attached hydrogens (tertiary/aromatic N) is 1. The third kappa shape index (κ3) is 2.48. The minimum atomic E-state index is 0.354. The second-order valence-electron chi connectivity index (χ2n) is 6.79. The molecule has 2 nitrogen and oxygen atoms in total. The predicted octanol–water partition coefficient (Wildman–Crippen LogP) is 2.98. The minimum Gasteiger partial charge on any atom is -0.311 e. The minimum absolute atomic E-state index is 0.354. The fourth-order valence-corrected chi connectivity index (χ4v) is 3.53. The van der Waals surface area contributed by atoms with Gasteiger partial charge in [-0.2, -0.15) is 0 Å². The standard InChI is InChI=1S/C15H25ClN2/c1-11(7-16)8-18-9-14(12-3-4-12)17-10-15(18,2)13-5-6-13/h7,12-14,17H,3-6,8-10H2,1-2H3. The molecule has 0 spiro atoms.